The Hall–Kier alpha value is -2.45. The summed E-state index contributed by atoms with van der Waals surface area (Å²) in [5, 5.41) is 0. The summed E-state index contributed by atoms with van der Waals surface area (Å²) >= 11 is 0. The Balaban J connectivity index is 1.53. The smallest absolute Gasteiger partial charge is 0.0346 e. The Morgan fingerprint density at radius 3 is 2.27 bits per heavy atom. The second-order valence-corrected chi connectivity index (χ2v) is 7.34. The van der Waals surface area contributed by atoms with Gasteiger partial charge in [-0.3, -0.25) is 9.88 Å². The molecule has 0 N–H and O–H groups in total. The quantitative estimate of drug-likeness (QED) is 0.596. The van der Waals surface area contributed by atoms with E-state index in [-0.39, 0.29) is 0 Å². The third-order valence-electron chi connectivity index (χ3n) is 5.45. The molecule has 3 aromatic rings. The van der Waals surface area contributed by atoms with Crippen LogP contribution in [0.2, 0.25) is 0 Å². The average molecular weight is 342 g/mol. The zero-order valence-corrected chi connectivity index (χ0v) is 15.4. The number of aromatic nitrogens is 1. The molecule has 1 fully saturated rings. The topological polar surface area (TPSA) is 16.1 Å². The van der Waals surface area contributed by atoms with Crippen molar-refractivity contribution in [3.63, 3.8) is 0 Å². The molecule has 0 spiro atoms. The van der Waals surface area contributed by atoms with Gasteiger partial charge in [-0.05, 0) is 54.6 Å². The molecule has 0 bridgehead atoms. The maximum atomic E-state index is 4.51. The molecular formula is C24H26N2. The van der Waals surface area contributed by atoms with Crippen molar-refractivity contribution in [2.24, 2.45) is 0 Å². The summed E-state index contributed by atoms with van der Waals surface area (Å²) in [5.74, 6) is 0. The largest absolute Gasteiger partial charge is 0.296 e. The van der Waals surface area contributed by atoms with Crippen LogP contribution in [0.4, 0.5) is 0 Å². The van der Waals surface area contributed by atoms with Crippen LogP contribution in [-0.4, -0.2) is 22.5 Å². The molecule has 1 aliphatic rings. The van der Waals surface area contributed by atoms with Crippen molar-refractivity contribution in [1.29, 1.82) is 0 Å². The lowest BCUT2D eigenvalue weighted by Gasteiger charge is -2.33. The van der Waals surface area contributed by atoms with Crippen molar-refractivity contribution in [2.45, 2.75) is 38.8 Å². The summed E-state index contributed by atoms with van der Waals surface area (Å²) in [5.41, 5.74) is 6.24. The molecule has 2 heteroatoms. The van der Waals surface area contributed by atoms with E-state index in [0.717, 1.165) is 6.54 Å². The van der Waals surface area contributed by atoms with Crippen LogP contribution in [0.1, 0.15) is 31.7 Å². The number of hydrogen-bond acceptors (Lipinski definition) is 2. The Kier molecular flexibility index (Phi) is 5.12. The van der Waals surface area contributed by atoms with Crippen LogP contribution < -0.4 is 0 Å². The van der Waals surface area contributed by atoms with Crippen LogP contribution in [0.25, 0.3) is 22.3 Å². The summed E-state index contributed by atoms with van der Waals surface area (Å²) in [6.45, 7) is 4.56. The van der Waals surface area contributed by atoms with Gasteiger partial charge in [0.1, 0.15) is 0 Å². The Morgan fingerprint density at radius 1 is 0.846 bits per heavy atom. The van der Waals surface area contributed by atoms with Crippen molar-refractivity contribution in [3.05, 3.63) is 78.6 Å². The number of nitrogens with zero attached hydrogens (tertiary/aromatic N) is 2. The lowest BCUT2D eigenvalue weighted by Crippen LogP contribution is -2.36. The van der Waals surface area contributed by atoms with Crippen molar-refractivity contribution in [2.75, 3.05) is 6.54 Å². The highest BCUT2D eigenvalue weighted by Crippen LogP contribution is 2.26. The van der Waals surface area contributed by atoms with E-state index in [2.05, 4.69) is 77.5 Å². The third-order valence-corrected chi connectivity index (χ3v) is 5.45. The molecule has 0 aliphatic carbocycles. The minimum Gasteiger partial charge on any atom is -0.296 e. The molecular weight excluding hydrogens is 316 g/mol. The van der Waals surface area contributed by atoms with E-state index in [1.54, 1.807) is 0 Å². The zero-order valence-electron chi connectivity index (χ0n) is 15.4. The van der Waals surface area contributed by atoms with E-state index < -0.39 is 0 Å². The average Bonchev–Trinajstić information content (AvgIpc) is 2.71. The van der Waals surface area contributed by atoms with Gasteiger partial charge in [-0.25, -0.2) is 0 Å². The fourth-order valence-electron chi connectivity index (χ4n) is 3.84. The number of piperidine rings is 1. The number of benzene rings is 2. The van der Waals surface area contributed by atoms with Crippen molar-refractivity contribution in [1.82, 2.24) is 9.88 Å². The first-order valence-electron chi connectivity index (χ1n) is 9.63. The van der Waals surface area contributed by atoms with E-state index in [1.807, 2.05) is 12.4 Å². The highest BCUT2D eigenvalue weighted by atomic mass is 15.2. The van der Waals surface area contributed by atoms with Gasteiger partial charge in [0, 0.05) is 30.5 Å². The summed E-state index contributed by atoms with van der Waals surface area (Å²) in [6, 6.07) is 22.3. The van der Waals surface area contributed by atoms with Gasteiger partial charge in [0.25, 0.3) is 0 Å². The third kappa shape index (κ3) is 3.86. The first kappa shape index (κ1) is 17.0. The molecule has 1 unspecified atom stereocenters. The molecule has 4 rings (SSSR count). The maximum Gasteiger partial charge on any atom is 0.0346 e. The second kappa shape index (κ2) is 7.84. The van der Waals surface area contributed by atoms with Gasteiger partial charge in [-0.2, -0.15) is 0 Å². The molecule has 2 nitrogen and oxygen atoms in total. The lowest BCUT2D eigenvalue weighted by atomic mass is 10.00. The fourth-order valence-corrected chi connectivity index (χ4v) is 3.84. The number of pyridine rings is 1. The highest BCUT2D eigenvalue weighted by molar-refractivity contribution is 5.70. The van der Waals surface area contributed by atoms with Gasteiger partial charge in [0.05, 0.1) is 0 Å². The SMILES string of the molecule is CC1CCCCN1Cc1cncc(-c2ccc(-c3ccccc3)cc2)c1. The highest BCUT2D eigenvalue weighted by Gasteiger charge is 2.18. The summed E-state index contributed by atoms with van der Waals surface area (Å²) in [6.07, 6.45) is 7.99. The van der Waals surface area contributed by atoms with Gasteiger partial charge in [-0.15, -0.1) is 0 Å². The minimum atomic E-state index is 0.678. The normalized spacial score (nSPS) is 18.0. The first-order valence-corrected chi connectivity index (χ1v) is 9.63. The molecule has 1 aliphatic heterocycles. The van der Waals surface area contributed by atoms with E-state index in [0.29, 0.717) is 6.04 Å². The van der Waals surface area contributed by atoms with Gasteiger partial charge < -0.3 is 0 Å². The summed E-state index contributed by atoms with van der Waals surface area (Å²) in [4.78, 5) is 7.09. The van der Waals surface area contributed by atoms with Crippen molar-refractivity contribution < 1.29 is 0 Å². The molecule has 0 saturated carbocycles. The second-order valence-electron chi connectivity index (χ2n) is 7.34. The van der Waals surface area contributed by atoms with Gasteiger partial charge in [0.2, 0.25) is 0 Å². The molecule has 1 atom stereocenters. The minimum absolute atomic E-state index is 0.678. The first-order chi connectivity index (χ1) is 12.8. The fraction of sp³-hybridized carbons (Fsp3) is 0.292. The molecule has 0 amide bonds. The van der Waals surface area contributed by atoms with E-state index in [9.17, 15) is 0 Å². The van der Waals surface area contributed by atoms with E-state index >= 15 is 0 Å². The van der Waals surface area contributed by atoms with Crippen LogP contribution in [0.3, 0.4) is 0 Å². The molecule has 1 aromatic heterocycles. The number of likely N-dealkylation sites (tertiary alicyclic amines) is 1. The molecule has 1 saturated heterocycles. The zero-order chi connectivity index (χ0) is 17.8. The Morgan fingerprint density at radius 2 is 1.54 bits per heavy atom. The monoisotopic (exact) mass is 342 g/mol. The molecule has 0 radical (unpaired) electrons. The molecule has 26 heavy (non-hydrogen) atoms. The molecule has 2 aromatic carbocycles. The van der Waals surface area contributed by atoms with Crippen LogP contribution in [0.5, 0.6) is 0 Å². The Bertz CT molecular complexity index is 840. The van der Waals surface area contributed by atoms with Gasteiger partial charge in [0.15, 0.2) is 0 Å². The lowest BCUT2D eigenvalue weighted by molar-refractivity contribution is 0.152. The van der Waals surface area contributed by atoms with Crippen LogP contribution in [0, 0.1) is 0 Å². The predicted molar refractivity (Wildman–Crippen MR) is 109 cm³/mol. The summed E-state index contributed by atoms with van der Waals surface area (Å²) in [7, 11) is 0. The van der Waals surface area contributed by atoms with E-state index in [1.165, 1.54) is 53.6 Å². The van der Waals surface area contributed by atoms with Crippen molar-refractivity contribution >= 4 is 0 Å². The van der Waals surface area contributed by atoms with E-state index in [4.69, 9.17) is 0 Å². The maximum absolute atomic E-state index is 4.51. The van der Waals surface area contributed by atoms with Gasteiger partial charge in [-0.1, -0.05) is 61.0 Å². The predicted octanol–water partition coefficient (Wildman–Crippen LogP) is 5.79. The van der Waals surface area contributed by atoms with Crippen LogP contribution in [0.15, 0.2) is 73.1 Å². The standard InChI is InChI=1S/C24H26N2/c1-19-7-5-6-14-26(19)18-20-15-24(17-25-16-20)23-12-10-22(11-13-23)21-8-3-2-4-9-21/h2-4,8-13,15-17,19H,5-7,14,18H2,1H3. The molecule has 2 heterocycles. The number of hydrogen-bond donors (Lipinski definition) is 0. The van der Waals surface area contributed by atoms with Crippen LogP contribution in [-0.2, 0) is 6.54 Å². The number of rotatable bonds is 4. The molecule has 132 valence electrons. The van der Waals surface area contributed by atoms with Gasteiger partial charge >= 0.3 is 0 Å². The Labute approximate surface area is 156 Å². The van der Waals surface area contributed by atoms with Crippen molar-refractivity contribution in [3.8, 4) is 22.3 Å². The summed E-state index contributed by atoms with van der Waals surface area (Å²) < 4.78 is 0. The van der Waals surface area contributed by atoms with Crippen LogP contribution >= 0.6 is 0 Å².